The number of quaternary nitrogens is 1. The predicted octanol–water partition coefficient (Wildman–Crippen LogP) is 0.548. The molecule has 0 aromatic heterocycles. The number of anilines is 1. The van der Waals surface area contributed by atoms with Gasteiger partial charge in [0.25, 0.3) is 5.91 Å². The third-order valence-electron chi connectivity index (χ3n) is 3.07. The van der Waals surface area contributed by atoms with Crippen molar-refractivity contribution in [2.75, 3.05) is 11.9 Å². The lowest BCUT2D eigenvalue weighted by atomic mass is 10.2. The van der Waals surface area contributed by atoms with E-state index in [1.165, 1.54) is 18.2 Å². The van der Waals surface area contributed by atoms with Gasteiger partial charge in [0.15, 0.2) is 6.04 Å². The molecule has 0 bridgehead atoms. The molecule has 1 atom stereocenters. The van der Waals surface area contributed by atoms with Crippen molar-refractivity contribution in [2.45, 2.75) is 31.4 Å². The highest BCUT2D eigenvalue weighted by Crippen LogP contribution is 2.25. The Balaban J connectivity index is 0.000000412. The largest absolute Gasteiger partial charge is 0.573 e. The standard InChI is InChI=1S/C12H13F3N2O2.C2HF3O2/c13-12(14,15)19-9-4-1-3-8(7-9)17-11(18)10-5-2-6-16-10;3-2(4,5)1(6)7/h1,3-4,7,10,16H,2,5-6H2,(H,17,18);(H,6,7)/t10-;/m0./s1. The molecule has 1 amide bonds. The molecule has 12 heteroatoms. The van der Waals surface area contributed by atoms with Crippen LogP contribution in [0.1, 0.15) is 12.8 Å². The Morgan fingerprint density at radius 2 is 1.81 bits per heavy atom. The van der Waals surface area contributed by atoms with Crippen LogP contribution in [0.3, 0.4) is 0 Å². The highest BCUT2D eigenvalue weighted by atomic mass is 19.4. The fraction of sp³-hybridized carbons (Fsp3) is 0.429. The minimum Gasteiger partial charge on any atom is -0.542 e. The third kappa shape index (κ3) is 8.05. The predicted molar refractivity (Wildman–Crippen MR) is 72.6 cm³/mol. The monoisotopic (exact) mass is 388 g/mol. The Bertz CT molecular complexity index is 627. The quantitative estimate of drug-likeness (QED) is 0.740. The Kier molecular flexibility index (Phi) is 7.24. The Morgan fingerprint density at radius 3 is 2.27 bits per heavy atom. The van der Waals surface area contributed by atoms with Crippen LogP contribution in [-0.2, 0) is 9.59 Å². The average Bonchev–Trinajstić information content (AvgIpc) is 2.99. The second-order valence-corrected chi connectivity index (χ2v) is 5.12. The minimum absolute atomic E-state index is 0.160. The number of carbonyl (C=O) groups excluding carboxylic acids is 2. The molecule has 2 rings (SSSR count). The van der Waals surface area contributed by atoms with Crippen LogP contribution in [0.25, 0.3) is 0 Å². The third-order valence-corrected chi connectivity index (χ3v) is 3.07. The van der Waals surface area contributed by atoms with Gasteiger partial charge in [-0.3, -0.25) is 4.79 Å². The van der Waals surface area contributed by atoms with Crippen molar-refractivity contribution in [3.05, 3.63) is 24.3 Å². The normalized spacial score (nSPS) is 17.1. The number of hydrogen-bond acceptors (Lipinski definition) is 4. The molecule has 0 aliphatic carbocycles. The highest BCUT2D eigenvalue weighted by Gasteiger charge is 2.31. The van der Waals surface area contributed by atoms with Gasteiger partial charge >= 0.3 is 12.5 Å². The van der Waals surface area contributed by atoms with E-state index < -0.39 is 18.5 Å². The number of halogens is 6. The first-order valence-corrected chi connectivity index (χ1v) is 7.16. The lowest BCUT2D eigenvalue weighted by Crippen LogP contribution is -2.88. The molecule has 1 aliphatic heterocycles. The molecule has 1 aromatic carbocycles. The van der Waals surface area contributed by atoms with E-state index in [2.05, 4.69) is 10.1 Å². The SMILES string of the molecule is O=C(Nc1cccc(OC(F)(F)F)c1)[C@@H]1CCC[NH2+]1.O=C([O-])C(F)(F)F. The van der Waals surface area contributed by atoms with Crippen LogP contribution in [0.4, 0.5) is 32.0 Å². The summed E-state index contributed by atoms with van der Waals surface area (Å²) < 4.78 is 71.5. The lowest BCUT2D eigenvalue weighted by Gasteiger charge is -2.11. The van der Waals surface area contributed by atoms with E-state index in [0.29, 0.717) is 5.69 Å². The first-order valence-electron chi connectivity index (χ1n) is 7.16. The molecule has 1 aliphatic rings. The Labute approximate surface area is 143 Å². The number of ether oxygens (including phenoxy) is 1. The summed E-state index contributed by atoms with van der Waals surface area (Å²) in [5.74, 6) is -3.55. The molecule has 0 spiro atoms. The lowest BCUT2D eigenvalue weighted by molar-refractivity contribution is -0.656. The molecular weight excluding hydrogens is 374 g/mol. The van der Waals surface area contributed by atoms with Crippen molar-refractivity contribution in [3.63, 3.8) is 0 Å². The number of benzene rings is 1. The summed E-state index contributed by atoms with van der Waals surface area (Å²) in [4.78, 5) is 20.6. The summed E-state index contributed by atoms with van der Waals surface area (Å²) in [5, 5.41) is 13.3. The van der Waals surface area contributed by atoms with Crippen LogP contribution in [0.15, 0.2) is 24.3 Å². The molecule has 0 radical (unpaired) electrons. The molecule has 26 heavy (non-hydrogen) atoms. The number of nitrogens with two attached hydrogens (primary N) is 1. The van der Waals surface area contributed by atoms with Gasteiger partial charge in [-0.15, -0.1) is 13.2 Å². The Hall–Kier alpha value is -2.50. The van der Waals surface area contributed by atoms with Crippen LogP contribution in [0.5, 0.6) is 5.75 Å². The van der Waals surface area contributed by atoms with Gasteiger partial charge in [0.05, 0.1) is 6.54 Å². The highest BCUT2D eigenvalue weighted by molar-refractivity contribution is 5.94. The van der Waals surface area contributed by atoms with Crippen molar-refractivity contribution in [1.29, 1.82) is 0 Å². The van der Waals surface area contributed by atoms with Gasteiger partial charge in [-0.05, 0) is 12.1 Å². The molecule has 1 aromatic rings. The summed E-state index contributed by atoms with van der Waals surface area (Å²) in [6.45, 7) is 0.898. The van der Waals surface area contributed by atoms with Gasteiger partial charge in [0, 0.05) is 24.6 Å². The number of hydrogen-bond donors (Lipinski definition) is 2. The van der Waals surface area contributed by atoms with Crippen LogP contribution >= 0.6 is 0 Å². The van der Waals surface area contributed by atoms with E-state index in [9.17, 15) is 31.1 Å². The topological polar surface area (TPSA) is 95.1 Å². The van der Waals surface area contributed by atoms with Crippen LogP contribution < -0.4 is 20.5 Å². The molecule has 1 saturated heterocycles. The van der Waals surface area contributed by atoms with Crippen LogP contribution in [-0.4, -0.2) is 37.0 Å². The number of carboxylic acids is 1. The zero-order chi connectivity index (χ0) is 20.0. The van der Waals surface area contributed by atoms with E-state index in [1.807, 2.05) is 5.32 Å². The molecule has 1 fully saturated rings. The smallest absolute Gasteiger partial charge is 0.542 e. The van der Waals surface area contributed by atoms with Gasteiger partial charge in [-0.1, -0.05) is 6.07 Å². The first-order chi connectivity index (χ1) is 11.9. The summed E-state index contributed by atoms with van der Waals surface area (Å²) in [6, 6.07) is 5.10. The summed E-state index contributed by atoms with van der Waals surface area (Å²) in [5.41, 5.74) is 0.298. The van der Waals surface area contributed by atoms with Crippen molar-refractivity contribution < 1.29 is 51.1 Å². The zero-order valence-corrected chi connectivity index (χ0v) is 13.0. The fourth-order valence-corrected chi connectivity index (χ4v) is 2.02. The molecule has 0 saturated carbocycles. The second-order valence-electron chi connectivity index (χ2n) is 5.12. The van der Waals surface area contributed by atoms with E-state index in [1.54, 1.807) is 0 Å². The summed E-state index contributed by atoms with van der Waals surface area (Å²) >= 11 is 0. The van der Waals surface area contributed by atoms with Crippen molar-refractivity contribution in [2.24, 2.45) is 0 Å². The van der Waals surface area contributed by atoms with E-state index in [0.717, 1.165) is 25.5 Å². The fourth-order valence-electron chi connectivity index (χ4n) is 2.02. The van der Waals surface area contributed by atoms with Gasteiger partial charge < -0.3 is 25.3 Å². The Morgan fingerprint density at radius 1 is 1.19 bits per heavy atom. The number of alkyl halides is 6. The maximum atomic E-state index is 12.1. The van der Waals surface area contributed by atoms with Gasteiger partial charge in [0.1, 0.15) is 11.7 Å². The molecule has 3 N–H and O–H groups in total. The van der Waals surface area contributed by atoms with E-state index in [-0.39, 0.29) is 17.7 Å². The molecule has 0 unspecified atom stereocenters. The molecule has 1 heterocycles. The maximum Gasteiger partial charge on any atom is 0.573 e. The average molecular weight is 388 g/mol. The number of amides is 1. The van der Waals surface area contributed by atoms with Gasteiger partial charge in [0.2, 0.25) is 0 Å². The number of carboxylic acid groups (broad SMARTS) is 1. The molecule has 6 nitrogen and oxygen atoms in total. The van der Waals surface area contributed by atoms with E-state index >= 15 is 0 Å². The van der Waals surface area contributed by atoms with E-state index in [4.69, 9.17) is 9.90 Å². The van der Waals surface area contributed by atoms with Crippen molar-refractivity contribution >= 4 is 17.6 Å². The molecule has 146 valence electrons. The number of aliphatic carboxylic acids is 1. The first kappa shape index (κ1) is 21.5. The summed E-state index contributed by atoms with van der Waals surface area (Å²) in [7, 11) is 0. The number of rotatable bonds is 3. The van der Waals surface area contributed by atoms with Crippen molar-refractivity contribution in [3.8, 4) is 5.75 Å². The second kappa shape index (κ2) is 8.74. The van der Waals surface area contributed by atoms with Gasteiger partial charge in [-0.2, -0.15) is 13.2 Å². The summed E-state index contributed by atoms with van der Waals surface area (Å²) in [6.07, 6.45) is -8.18. The number of nitrogens with one attached hydrogen (secondary N) is 1. The van der Waals surface area contributed by atoms with Crippen LogP contribution in [0, 0.1) is 0 Å². The minimum atomic E-state index is -5.19. The van der Waals surface area contributed by atoms with Gasteiger partial charge in [-0.25, -0.2) is 0 Å². The zero-order valence-electron chi connectivity index (χ0n) is 13.0. The maximum absolute atomic E-state index is 12.1. The molecular formula is C14H14F6N2O4. The van der Waals surface area contributed by atoms with Crippen LogP contribution in [0.2, 0.25) is 0 Å². The van der Waals surface area contributed by atoms with Crippen molar-refractivity contribution in [1.82, 2.24) is 0 Å². The number of carbonyl (C=O) groups is 2.